The molecule has 2 heterocycles. The maximum Gasteiger partial charge on any atom is 0.328 e. The Morgan fingerprint density at radius 1 is 0.833 bits per heavy atom. The highest BCUT2D eigenvalue weighted by molar-refractivity contribution is 5.84. The number of aromatic nitrogens is 2. The zero-order chi connectivity index (χ0) is 37.4. The minimum atomic E-state index is -0.828. The summed E-state index contributed by atoms with van der Waals surface area (Å²) in [6.07, 6.45) is 1.11. The SMILES string of the molecule is COC(=O)C(Cc1ccccc1)NC(=O)NCc1ccccc1-c1ccc(C2OC(Cn3cnc4ccccc43)C(C)C(c3ccc(CO)cc3)O2)cc1. The molecule has 5 unspecified atom stereocenters. The normalized spacial score (nSPS) is 18.9. The molecule has 1 fully saturated rings. The zero-order valence-electron chi connectivity index (χ0n) is 30.3. The van der Waals surface area contributed by atoms with E-state index in [0.717, 1.165) is 50.0 Å². The topological polar surface area (TPSA) is 124 Å². The van der Waals surface area contributed by atoms with E-state index in [1.807, 2.05) is 128 Å². The molecule has 0 radical (unpaired) electrons. The summed E-state index contributed by atoms with van der Waals surface area (Å²) in [6, 6.07) is 40.2. The summed E-state index contributed by atoms with van der Waals surface area (Å²) in [5, 5.41) is 15.3. The summed E-state index contributed by atoms with van der Waals surface area (Å²) in [7, 11) is 1.31. The Balaban J connectivity index is 1.07. The number of carbonyl (C=O) groups excluding carboxylic acids is 2. The number of para-hydroxylation sites is 2. The van der Waals surface area contributed by atoms with E-state index in [1.165, 1.54) is 7.11 Å². The molecule has 6 aromatic rings. The lowest BCUT2D eigenvalue weighted by Crippen LogP contribution is -2.47. The molecule has 1 aliphatic rings. The molecule has 0 bridgehead atoms. The fourth-order valence-electron chi connectivity index (χ4n) is 7.02. The minimum absolute atomic E-state index is 0.0134. The van der Waals surface area contributed by atoms with Crippen LogP contribution in [0.15, 0.2) is 134 Å². The summed E-state index contributed by atoms with van der Waals surface area (Å²) in [5.74, 6) is -0.498. The quantitative estimate of drug-likeness (QED) is 0.114. The van der Waals surface area contributed by atoms with Crippen molar-refractivity contribution in [3.8, 4) is 11.1 Å². The molecular formula is C44H44N4O6. The third kappa shape index (κ3) is 8.36. The molecule has 54 heavy (non-hydrogen) atoms. The second-order valence-electron chi connectivity index (χ2n) is 13.6. The third-order valence-electron chi connectivity index (χ3n) is 10.1. The van der Waals surface area contributed by atoms with Gasteiger partial charge in [0.15, 0.2) is 6.29 Å². The zero-order valence-corrected chi connectivity index (χ0v) is 30.3. The van der Waals surface area contributed by atoms with Gasteiger partial charge in [0.25, 0.3) is 0 Å². The molecule has 0 saturated carbocycles. The number of carbonyl (C=O) groups is 2. The predicted molar refractivity (Wildman–Crippen MR) is 206 cm³/mol. The molecule has 10 heteroatoms. The van der Waals surface area contributed by atoms with Crippen LogP contribution in [0.5, 0.6) is 0 Å². The Morgan fingerprint density at radius 2 is 1.54 bits per heavy atom. The van der Waals surface area contributed by atoms with Gasteiger partial charge in [-0.1, -0.05) is 122 Å². The lowest BCUT2D eigenvalue weighted by Gasteiger charge is -2.41. The van der Waals surface area contributed by atoms with Gasteiger partial charge in [-0.2, -0.15) is 0 Å². The first-order chi connectivity index (χ1) is 26.4. The number of esters is 1. The van der Waals surface area contributed by atoms with Crippen LogP contribution in [0.2, 0.25) is 0 Å². The highest BCUT2D eigenvalue weighted by Crippen LogP contribution is 2.42. The van der Waals surface area contributed by atoms with E-state index < -0.39 is 24.3 Å². The van der Waals surface area contributed by atoms with Crippen molar-refractivity contribution in [3.05, 3.63) is 162 Å². The Labute approximate surface area is 314 Å². The number of imidazole rings is 1. The number of fused-ring (bicyclic) bond motifs is 1. The number of rotatable bonds is 12. The number of ether oxygens (including phenoxy) is 3. The number of hydrogen-bond donors (Lipinski definition) is 3. The number of aliphatic hydroxyl groups is 1. The molecule has 10 nitrogen and oxygen atoms in total. The van der Waals surface area contributed by atoms with Gasteiger partial charge in [0.05, 0.1) is 49.8 Å². The van der Waals surface area contributed by atoms with Gasteiger partial charge >= 0.3 is 12.0 Å². The summed E-state index contributed by atoms with van der Waals surface area (Å²) >= 11 is 0. The van der Waals surface area contributed by atoms with Gasteiger partial charge in [-0.25, -0.2) is 14.6 Å². The van der Waals surface area contributed by atoms with Gasteiger partial charge in [0.2, 0.25) is 0 Å². The molecule has 0 aliphatic carbocycles. The standard InChI is InChI=1S/C44H44N4O6/c1-29-40(26-48-28-46-37-14-8-9-15-39(37)48)53-43(54-41(29)33-18-16-31(27-49)17-19-33)34-22-20-32(21-23-34)36-13-7-6-12-35(36)25-45-44(51)47-38(42(50)52-2)24-30-10-4-3-5-11-30/h3-23,28-29,38,40-41,43,49H,24-27H2,1-2H3,(H2,45,47,51). The number of benzene rings is 5. The van der Waals surface area contributed by atoms with E-state index in [0.29, 0.717) is 13.0 Å². The number of aliphatic hydroxyl groups excluding tert-OH is 1. The molecule has 5 atom stereocenters. The monoisotopic (exact) mass is 724 g/mol. The first kappa shape index (κ1) is 36.5. The van der Waals surface area contributed by atoms with Crippen molar-refractivity contribution in [3.63, 3.8) is 0 Å². The van der Waals surface area contributed by atoms with Crippen LogP contribution in [0.1, 0.15) is 47.1 Å². The first-order valence-corrected chi connectivity index (χ1v) is 18.1. The summed E-state index contributed by atoms with van der Waals surface area (Å²) in [4.78, 5) is 30.1. The van der Waals surface area contributed by atoms with Crippen LogP contribution in [0.4, 0.5) is 4.79 Å². The highest BCUT2D eigenvalue weighted by atomic mass is 16.7. The van der Waals surface area contributed by atoms with E-state index in [4.69, 9.17) is 14.2 Å². The fraction of sp³-hybridized carbons (Fsp3) is 0.250. The number of nitrogens with one attached hydrogen (secondary N) is 2. The van der Waals surface area contributed by atoms with Gasteiger partial charge in [0.1, 0.15) is 6.04 Å². The van der Waals surface area contributed by atoms with Crippen molar-refractivity contribution in [2.24, 2.45) is 5.92 Å². The third-order valence-corrected chi connectivity index (χ3v) is 10.1. The lowest BCUT2D eigenvalue weighted by atomic mass is 9.90. The maximum absolute atomic E-state index is 13.0. The lowest BCUT2D eigenvalue weighted by molar-refractivity contribution is -0.276. The molecule has 1 aromatic heterocycles. The molecular weight excluding hydrogens is 681 g/mol. The molecule has 1 saturated heterocycles. The second-order valence-corrected chi connectivity index (χ2v) is 13.6. The average molecular weight is 725 g/mol. The number of amides is 2. The number of urea groups is 1. The Hall–Kier alpha value is -5.81. The van der Waals surface area contributed by atoms with Crippen LogP contribution in [0.25, 0.3) is 22.2 Å². The summed E-state index contributed by atoms with van der Waals surface area (Å²) in [5.41, 5.74) is 8.48. The van der Waals surface area contributed by atoms with Crippen molar-refractivity contribution in [1.82, 2.24) is 20.2 Å². The Morgan fingerprint density at radius 3 is 2.30 bits per heavy atom. The van der Waals surface area contributed by atoms with Gasteiger partial charge in [0, 0.05) is 24.4 Å². The van der Waals surface area contributed by atoms with Crippen LogP contribution >= 0.6 is 0 Å². The van der Waals surface area contributed by atoms with Crippen LogP contribution < -0.4 is 10.6 Å². The van der Waals surface area contributed by atoms with Crippen LogP contribution in [0, 0.1) is 5.92 Å². The first-order valence-electron chi connectivity index (χ1n) is 18.1. The molecule has 3 N–H and O–H groups in total. The Bertz CT molecular complexity index is 2170. The van der Waals surface area contributed by atoms with Crippen molar-refractivity contribution in [2.75, 3.05) is 7.11 Å². The van der Waals surface area contributed by atoms with Crippen molar-refractivity contribution >= 4 is 23.0 Å². The summed E-state index contributed by atoms with van der Waals surface area (Å²) < 4.78 is 20.5. The molecule has 7 rings (SSSR count). The predicted octanol–water partition coefficient (Wildman–Crippen LogP) is 7.27. The van der Waals surface area contributed by atoms with Gasteiger partial charge in [-0.15, -0.1) is 0 Å². The second kappa shape index (κ2) is 16.9. The molecule has 276 valence electrons. The van der Waals surface area contributed by atoms with Crippen LogP contribution in [-0.2, 0) is 45.1 Å². The van der Waals surface area contributed by atoms with Crippen molar-refractivity contribution < 1.29 is 28.9 Å². The van der Waals surface area contributed by atoms with Crippen molar-refractivity contribution in [1.29, 1.82) is 0 Å². The Kier molecular flexibility index (Phi) is 11.4. The average Bonchev–Trinajstić information content (AvgIpc) is 3.63. The van der Waals surface area contributed by atoms with E-state index >= 15 is 0 Å². The number of methoxy groups -OCH3 is 1. The fourth-order valence-corrected chi connectivity index (χ4v) is 7.02. The smallest absolute Gasteiger partial charge is 0.328 e. The van der Waals surface area contributed by atoms with E-state index in [2.05, 4.69) is 33.2 Å². The van der Waals surface area contributed by atoms with E-state index in [9.17, 15) is 14.7 Å². The molecule has 2 amide bonds. The largest absolute Gasteiger partial charge is 0.467 e. The molecule has 1 aliphatic heterocycles. The van der Waals surface area contributed by atoms with Crippen LogP contribution in [0.3, 0.4) is 0 Å². The molecule has 0 spiro atoms. The minimum Gasteiger partial charge on any atom is -0.467 e. The summed E-state index contributed by atoms with van der Waals surface area (Å²) in [6.45, 7) is 2.98. The highest BCUT2D eigenvalue weighted by Gasteiger charge is 2.38. The number of hydrogen-bond acceptors (Lipinski definition) is 7. The van der Waals surface area contributed by atoms with Gasteiger partial charge < -0.3 is 34.5 Å². The van der Waals surface area contributed by atoms with E-state index in [-0.39, 0.29) is 31.3 Å². The maximum atomic E-state index is 13.0. The van der Waals surface area contributed by atoms with E-state index in [1.54, 1.807) is 0 Å². The van der Waals surface area contributed by atoms with Gasteiger partial charge in [-0.3, -0.25) is 0 Å². The van der Waals surface area contributed by atoms with Gasteiger partial charge in [-0.05, 0) is 45.5 Å². The van der Waals surface area contributed by atoms with Crippen LogP contribution in [-0.4, -0.2) is 45.9 Å². The number of nitrogens with zero attached hydrogens (tertiary/aromatic N) is 2. The van der Waals surface area contributed by atoms with Crippen molar-refractivity contribution in [2.45, 2.75) is 57.6 Å². The molecule has 5 aromatic carbocycles.